The average molecular weight is 723 g/mol. The number of nitrogens with one attached hydrogen (secondary N) is 1. The molecule has 1 aromatic heterocycles. The second kappa shape index (κ2) is 15.6. The number of benzene rings is 4. The third-order valence-corrected chi connectivity index (χ3v) is 9.80. The lowest BCUT2D eigenvalue weighted by atomic mass is 9.91. The van der Waals surface area contributed by atoms with E-state index < -0.39 is 46.8 Å². The van der Waals surface area contributed by atoms with Gasteiger partial charge in [-0.05, 0) is 33.9 Å². The standard InChI is InChI=1S/C38H31F5N2O5S/c1-21-28(20-51-29-8-4-5-17-45(29)48)49-38(50-36(21)24-11-9-22(19-46)10-12-24)25-15-13-23(14-16-25)27-7-3-2-6-26(27)18-44-37(47)30-31(39)33(41)35(43)34(42)32(30)40/h2-17,21,28,36,38,46H,18-20H2,1H3,(H,44,47)/t21-,28+,36+,38+/m1/s1. The SMILES string of the molecule is C[C@@H]1[C@H](CSc2cccc[n+]2[O-])O[C@H](c2ccc(-c3ccccc3CNC(=O)c3c(F)c(F)c(F)c(F)c3F)cc2)O[C@@H]1c1ccc(CO)cc1. The first-order chi connectivity index (χ1) is 24.6. The summed E-state index contributed by atoms with van der Waals surface area (Å²) in [5, 5.41) is 24.6. The molecule has 0 bridgehead atoms. The molecule has 0 aliphatic carbocycles. The van der Waals surface area contributed by atoms with Crippen molar-refractivity contribution in [1.29, 1.82) is 0 Å². The van der Waals surface area contributed by atoms with Gasteiger partial charge in [0.2, 0.25) is 5.82 Å². The van der Waals surface area contributed by atoms with E-state index in [1.54, 1.807) is 42.5 Å². The van der Waals surface area contributed by atoms with Crippen molar-refractivity contribution in [2.75, 3.05) is 5.75 Å². The fourth-order valence-corrected chi connectivity index (χ4v) is 6.93. The Morgan fingerprint density at radius 2 is 1.45 bits per heavy atom. The Hall–Kier alpha value is -4.82. The molecule has 0 radical (unpaired) electrons. The molecule has 264 valence electrons. The molecule has 4 atom stereocenters. The van der Waals surface area contributed by atoms with Crippen molar-refractivity contribution in [3.8, 4) is 11.1 Å². The van der Waals surface area contributed by atoms with Crippen LogP contribution >= 0.6 is 11.8 Å². The highest BCUT2D eigenvalue weighted by Crippen LogP contribution is 2.43. The van der Waals surface area contributed by atoms with Crippen LogP contribution in [-0.4, -0.2) is 22.9 Å². The predicted octanol–water partition coefficient (Wildman–Crippen LogP) is 7.69. The molecule has 0 saturated carbocycles. The van der Waals surface area contributed by atoms with E-state index in [2.05, 4.69) is 5.32 Å². The van der Waals surface area contributed by atoms with Gasteiger partial charge in [0.25, 0.3) is 10.9 Å². The van der Waals surface area contributed by atoms with Crippen molar-refractivity contribution >= 4 is 17.7 Å². The number of thioether (sulfide) groups is 1. The highest BCUT2D eigenvalue weighted by atomic mass is 32.2. The van der Waals surface area contributed by atoms with E-state index in [1.807, 2.05) is 55.5 Å². The van der Waals surface area contributed by atoms with Gasteiger partial charge in [-0.3, -0.25) is 4.79 Å². The van der Waals surface area contributed by atoms with Gasteiger partial charge < -0.3 is 25.1 Å². The summed E-state index contributed by atoms with van der Waals surface area (Å²) in [5.41, 5.74) is 2.67. The summed E-state index contributed by atoms with van der Waals surface area (Å²) >= 11 is 1.38. The van der Waals surface area contributed by atoms with E-state index in [4.69, 9.17) is 9.47 Å². The number of aliphatic hydroxyl groups excluding tert-OH is 1. The average Bonchev–Trinajstić information content (AvgIpc) is 3.16. The van der Waals surface area contributed by atoms with Gasteiger partial charge in [0.1, 0.15) is 5.56 Å². The largest absolute Gasteiger partial charge is 0.618 e. The lowest BCUT2D eigenvalue weighted by molar-refractivity contribution is -0.645. The number of aliphatic hydroxyl groups is 1. The number of nitrogens with zero attached hydrogens (tertiary/aromatic N) is 1. The predicted molar refractivity (Wildman–Crippen MR) is 178 cm³/mol. The Morgan fingerprint density at radius 3 is 2.12 bits per heavy atom. The summed E-state index contributed by atoms with van der Waals surface area (Å²) in [6.07, 6.45) is -0.0436. The van der Waals surface area contributed by atoms with Crippen LogP contribution < -0.4 is 10.0 Å². The first-order valence-corrected chi connectivity index (χ1v) is 16.8. The fourth-order valence-electron chi connectivity index (χ4n) is 5.85. The zero-order valence-electron chi connectivity index (χ0n) is 27.0. The van der Waals surface area contributed by atoms with Crippen LogP contribution in [0.5, 0.6) is 0 Å². The zero-order chi connectivity index (χ0) is 36.2. The lowest BCUT2D eigenvalue weighted by Gasteiger charge is -2.41. The molecule has 1 aliphatic rings. The van der Waals surface area contributed by atoms with E-state index in [0.717, 1.165) is 15.9 Å². The number of hydrogen-bond acceptors (Lipinski definition) is 6. The number of aromatic nitrogens is 1. The van der Waals surface area contributed by atoms with Crippen LogP contribution in [0.15, 0.2) is 102 Å². The van der Waals surface area contributed by atoms with Crippen LogP contribution in [-0.2, 0) is 22.6 Å². The molecule has 1 amide bonds. The Labute approximate surface area is 294 Å². The molecule has 0 spiro atoms. The third-order valence-electron chi connectivity index (χ3n) is 8.69. The van der Waals surface area contributed by atoms with Crippen molar-refractivity contribution in [3.05, 3.63) is 159 Å². The monoisotopic (exact) mass is 722 g/mol. The van der Waals surface area contributed by atoms with E-state index in [0.29, 0.717) is 33.0 Å². The summed E-state index contributed by atoms with van der Waals surface area (Å²) in [6, 6.07) is 26.8. The quantitative estimate of drug-likeness (QED) is 0.0384. The van der Waals surface area contributed by atoms with Crippen molar-refractivity contribution in [2.24, 2.45) is 5.92 Å². The van der Waals surface area contributed by atoms with Gasteiger partial charge in [-0.1, -0.05) is 91.5 Å². The van der Waals surface area contributed by atoms with E-state index in [9.17, 15) is 37.1 Å². The second-order valence-corrected chi connectivity index (χ2v) is 12.9. The zero-order valence-corrected chi connectivity index (χ0v) is 27.8. The normalized spacial score (nSPS) is 18.8. The van der Waals surface area contributed by atoms with Gasteiger partial charge >= 0.3 is 0 Å². The van der Waals surface area contributed by atoms with E-state index >= 15 is 0 Å². The molecule has 4 aromatic carbocycles. The Balaban J connectivity index is 1.22. The Bertz CT molecular complexity index is 2000. The summed E-state index contributed by atoms with van der Waals surface area (Å²) in [6.45, 7) is 1.66. The molecule has 51 heavy (non-hydrogen) atoms. The van der Waals surface area contributed by atoms with Crippen LogP contribution in [0.2, 0.25) is 0 Å². The number of carbonyl (C=O) groups is 1. The number of rotatable bonds is 10. The van der Waals surface area contributed by atoms with Gasteiger partial charge in [-0.15, -0.1) is 0 Å². The summed E-state index contributed by atoms with van der Waals surface area (Å²) < 4.78 is 83.1. The molecule has 1 fully saturated rings. The molecular formula is C38H31F5N2O5S. The van der Waals surface area contributed by atoms with Crippen LogP contribution in [0.4, 0.5) is 22.0 Å². The topological polar surface area (TPSA) is 94.7 Å². The number of hydrogen-bond donors (Lipinski definition) is 2. The highest BCUT2D eigenvalue weighted by molar-refractivity contribution is 7.99. The van der Waals surface area contributed by atoms with Crippen LogP contribution in [0.1, 0.15) is 51.9 Å². The van der Waals surface area contributed by atoms with Gasteiger partial charge in [0.15, 0.2) is 35.8 Å². The van der Waals surface area contributed by atoms with Gasteiger partial charge in [-0.25, -0.2) is 22.0 Å². The third kappa shape index (κ3) is 7.61. The number of halogens is 5. The minimum atomic E-state index is -2.35. The molecule has 0 unspecified atom stereocenters. The fraction of sp³-hybridized carbons (Fsp3) is 0.211. The number of carbonyl (C=O) groups excluding carboxylic acids is 1. The minimum absolute atomic E-state index is 0.0915. The molecule has 1 aliphatic heterocycles. The molecule has 6 rings (SSSR count). The van der Waals surface area contributed by atoms with Crippen molar-refractivity contribution < 1.29 is 46.1 Å². The summed E-state index contributed by atoms with van der Waals surface area (Å²) in [5.74, 6) is -12.3. The maximum Gasteiger partial charge on any atom is 0.257 e. The second-order valence-electron chi connectivity index (χ2n) is 11.9. The van der Waals surface area contributed by atoms with Gasteiger partial charge in [0.05, 0.1) is 18.8 Å². The number of pyridine rings is 1. The maximum atomic E-state index is 14.2. The van der Waals surface area contributed by atoms with E-state index in [-0.39, 0.29) is 31.3 Å². The molecule has 5 aromatic rings. The molecule has 2 N–H and O–H groups in total. The summed E-state index contributed by atoms with van der Waals surface area (Å²) in [7, 11) is 0. The lowest BCUT2D eigenvalue weighted by Crippen LogP contribution is -2.39. The maximum absolute atomic E-state index is 14.2. The van der Waals surface area contributed by atoms with Gasteiger partial charge in [-0.2, -0.15) is 4.73 Å². The summed E-state index contributed by atoms with van der Waals surface area (Å²) in [4.78, 5) is 12.6. The molecule has 7 nitrogen and oxygen atoms in total. The Morgan fingerprint density at radius 1 is 0.824 bits per heavy atom. The molecule has 2 heterocycles. The van der Waals surface area contributed by atoms with Crippen LogP contribution in [0.25, 0.3) is 11.1 Å². The van der Waals surface area contributed by atoms with Crippen LogP contribution in [0, 0.1) is 40.2 Å². The smallest absolute Gasteiger partial charge is 0.257 e. The van der Waals surface area contributed by atoms with Gasteiger partial charge in [0, 0.05) is 35.9 Å². The van der Waals surface area contributed by atoms with Crippen molar-refractivity contribution in [1.82, 2.24) is 5.32 Å². The molecular weight excluding hydrogens is 691 g/mol. The molecule has 13 heteroatoms. The van der Waals surface area contributed by atoms with E-state index in [1.165, 1.54) is 18.0 Å². The van der Waals surface area contributed by atoms with Crippen molar-refractivity contribution in [3.63, 3.8) is 0 Å². The minimum Gasteiger partial charge on any atom is -0.618 e. The Kier molecular flexibility index (Phi) is 11.0. The number of amides is 1. The molecule has 1 saturated heterocycles. The first kappa shape index (κ1) is 36.0. The van der Waals surface area contributed by atoms with Crippen LogP contribution in [0.3, 0.4) is 0 Å². The van der Waals surface area contributed by atoms with Crippen molar-refractivity contribution in [2.45, 2.75) is 43.6 Å². The first-order valence-electron chi connectivity index (χ1n) is 15.9. The number of ether oxygens (including phenoxy) is 2. The highest BCUT2D eigenvalue weighted by Gasteiger charge is 2.39.